The molecule has 2 aromatic heterocycles. The van der Waals surface area contributed by atoms with Crippen molar-refractivity contribution in [1.82, 2.24) is 4.98 Å². The smallest absolute Gasteiger partial charge is 0.236 e. The largest absolute Gasteiger partial charge is 0.294 e. The zero-order valence-corrected chi connectivity index (χ0v) is 25.6. The molecule has 0 aliphatic carbocycles. The number of rotatable bonds is 4. The van der Waals surface area contributed by atoms with Crippen molar-refractivity contribution in [3.63, 3.8) is 0 Å². The van der Waals surface area contributed by atoms with Gasteiger partial charge in [-0.05, 0) is 70.6 Å². The Morgan fingerprint density at radius 1 is 0.674 bits per heavy atom. The molecule has 210 valence electrons. The van der Waals surface area contributed by atoms with Gasteiger partial charge < -0.3 is 0 Å². The Kier molecular flexibility index (Phi) is 5.25. The van der Waals surface area contributed by atoms with E-state index in [0.29, 0.717) is 17.4 Å². The summed E-state index contributed by atoms with van der Waals surface area (Å²) in [7, 11) is 0. The summed E-state index contributed by atoms with van der Waals surface area (Å²) in [6, 6.07) is 36.3. The summed E-state index contributed by atoms with van der Waals surface area (Å²) in [5.41, 5.74) is 7.73. The van der Waals surface area contributed by atoms with Crippen molar-refractivity contribution in [3.05, 3.63) is 120 Å². The fourth-order valence-electron chi connectivity index (χ4n) is 6.80. The number of aromatic amines is 1. The number of aromatic nitrogens is 2. The Bertz CT molecular complexity index is 2450. The molecule has 0 aliphatic heterocycles. The van der Waals surface area contributed by atoms with Crippen molar-refractivity contribution in [2.24, 2.45) is 0 Å². The number of hydrogen-bond donors (Lipinski definition) is 1. The van der Waals surface area contributed by atoms with Crippen molar-refractivity contribution in [2.75, 3.05) is 0 Å². The van der Waals surface area contributed by atoms with Crippen LogP contribution in [0.25, 0.3) is 69.8 Å². The lowest BCUT2D eigenvalue weighted by Gasteiger charge is -2.18. The lowest BCUT2D eigenvalue weighted by Crippen LogP contribution is -2.35. The van der Waals surface area contributed by atoms with E-state index in [0.717, 1.165) is 38.4 Å². The first-order chi connectivity index (χ1) is 22.1. The maximum Gasteiger partial charge on any atom is 0.294 e. The third-order valence-electron chi connectivity index (χ3n) is 8.90. The molecule has 8 rings (SSSR count). The second-order valence-electron chi connectivity index (χ2n) is 12.3. The number of nitrogens with zero attached hydrogens (tertiary/aromatic N) is 1. The van der Waals surface area contributed by atoms with Crippen LogP contribution in [0.4, 0.5) is 0 Å². The van der Waals surface area contributed by atoms with Crippen LogP contribution in [-0.2, 0) is 0 Å². The maximum absolute atomic E-state index is 7.99. The molecule has 0 saturated carbocycles. The van der Waals surface area contributed by atoms with Crippen LogP contribution in [-0.4, -0.2) is 4.98 Å². The van der Waals surface area contributed by atoms with Gasteiger partial charge in [-0.1, -0.05) is 106 Å². The van der Waals surface area contributed by atoms with Gasteiger partial charge in [0.25, 0.3) is 5.82 Å². The van der Waals surface area contributed by atoms with Gasteiger partial charge in [-0.25, -0.2) is 4.98 Å². The Morgan fingerprint density at radius 3 is 2.19 bits per heavy atom. The standard InChI is InChI=1S/C40H34N2S/c1-23(2)28-10-8-11-29(24(3)4)38(28)42-36-15-7-6-14-35(36)41-40(42)31-13-9-12-30-34-21-27-19-18-26-17-16-25(5)20-32(26)33(27)22-37(34)43-39(30)31/h6-24H,1-5H3/p+1/i5D3. The van der Waals surface area contributed by atoms with Crippen molar-refractivity contribution >= 4 is 64.1 Å². The van der Waals surface area contributed by atoms with Gasteiger partial charge in [0, 0.05) is 30.7 Å². The molecule has 0 spiro atoms. The average Bonchev–Trinajstić information content (AvgIpc) is 3.60. The lowest BCUT2D eigenvalue weighted by atomic mass is 9.92. The fourth-order valence-corrected chi connectivity index (χ4v) is 8.04. The van der Waals surface area contributed by atoms with Crippen LogP contribution < -0.4 is 4.57 Å². The van der Waals surface area contributed by atoms with Crippen LogP contribution in [0.2, 0.25) is 0 Å². The number of fused-ring (bicyclic) bond motifs is 7. The number of para-hydroxylation sites is 3. The minimum absolute atomic E-state index is 0.357. The molecule has 0 amide bonds. The first-order valence-corrected chi connectivity index (χ1v) is 15.9. The van der Waals surface area contributed by atoms with Crippen LogP contribution >= 0.6 is 11.3 Å². The molecule has 2 nitrogen and oxygen atoms in total. The quantitative estimate of drug-likeness (QED) is 0.158. The van der Waals surface area contributed by atoms with E-state index in [1.165, 1.54) is 42.6 Å². The van der Waals surface area contributed by atoms with Gasteiger partial charge in [-0.15, -0.1) is 11.3 Å². The summed E-state index contributed by atoms with van der Waals surface area (Å²) >= 11 is 1.81. The number of imidazole rings is 1. The van der Waals surface area contributed by atoms with Gasteiger partial charge in [0.1, 0.15) is 5.69 Å². The fraction of sp³-hybridized carbons (Fsp3) is 0.175. The van der Waals surface area contributed by atoms with E-state index in [1.54, 1.807) is 17.4 Å². The highest BCUT2D eigenvalue weighted by Crippen LogP contribution is 2.42. The van der Waals surface area contributed by atoms with Crippen LogP contribution in [0.5, 0.6) is 0 Å². The summed E-state index contributed by atoms with van der Waals surface area (Å²) in [6.07, 6.45) is 0. The Morgan fingerprint density at radius 2 is 1.40 bits per heavy atom. The molecule has 0 unspecified atom stereocenters. The number of aryl methyl sites for hydroxylation is 1. The third-order valence-corrected chi connectivity index (χ3v) is 10.1. The molecule has 0 bridgehead atoms. The molecular formula is C40H35N2S+. The van der Waals surface area contributed by atoms with Gasteiger partial charge in [-0.2, -0.15) is 4.57 Å². The minimum atomic E-state index is -2.15. The van der Waals surface area contributed by atoms with E-state index in [1.807, 2.05) is 12.1 Å². The van der Waals surface area contributed by atoms with Gasteiger partial charge in [0.2, 0.25) is 0 Å². The SMILES string of the molecule is [2H]C([2H])([2H])c1ccc2ccc3cc4c(cc3c2c1)sc1c(-c2[nH]c3ccccc3[n+]2-c2c(C(C)C)cccc2C(C)C)cccc14. The van der Waals surface area contributed by atoms with Crippen LogP contribution in [0.1, 0.15) is 60.3 Å². The maximum atomic E-state index is 7.99. The molecule has 2 heterocycles. The lowest BCUT2D eigenvalue weighted by molar-refractivity contribution is -0.556. The van der Waals surface area contributed by atoms with E-state index in [9.17, 15) is 0 Å². The first-order valence-electron chi connectivity index (χ1n) is 16.6. The molecule has 1 N–H and O–H groups in total. The third kappa shape index (κ3) is 4.02. The number of benzene rings is 6. The zero-order chi connectivity index (χ0) is 31.9. The molecule has 0 saturated heterocycles. The predicted octanol–water partition coefficient (Wildman–Crippen LogP) is 11.3. The van der Waals surface area contributed by atoms with E-state index in [-0.39, 0.29) is 0 Å². The summed E-state index contributed by atoms with van der Waals surface area (Å²) in [5, 5.41) is 6.66. The second-order valence-corrected chi connectivity index (χ2v) is 13.3. The molecule has 43 heavy (non-hydrogen) atoms. The Balaban J connectivity index is 1.44. The zero-order valence-electron chi connectivity index (χ0n) is 27.8. The van der Waals surface area contributed by atoms with Crippen molar-refractivity contribution in [3.8, 4) is 17.1 Å². The van der Waals surface area contributed by atoms with E-state index < -0.39 is 6.85 Å². The number of hydrogen-bond acceptors (Lipinski definition) is 1. The van der Waals surface area contributed by atoms with E-state index in [4.69, 9.17) is 4.11 Å². The summed E-state index contributed by atoms with van der Waals surface area (Å²) < 4.78 is 28.8. The molecule has 0 atom stereocenters. The molecular weight excluding hydrogens is 541 g/mol. The normalized spacial score (nSPS) is 13.6. The van der Waals surface area contributed by atoms with Crippen molar-refractivity contribution in [2.45, 2.75) is 46.4 Å². The van der Waals surface area contributed by atoms with E-state index in [2.05, 4.69) is 122 Å². The highest BCUT2D eigenvalue weighted by Gasteiger charge is 2.29. The molecule has 0 radical (unpaired) electrons. The second kappa shape index (κ2) is 9.79. The van der Waals surface area contributed by atoms with Crippen LogP contribution in [0, 0.1) is 6.85 Å². The monoisotopic (exact) mass is 578 g/mol. The molecule has 8 aromatic rings. The Hall–Kier alpha value is -4.47. The van der Waals surface area contributed by atoms with Crippen molar-refractivity contribution in [1.29, 1.82) is 0 Å². The minimum Gasteiger partial charge on any atom is -0.236 e. The molecule has 6 aromatic carbocycles. The predicted molar refractivity (Wildman–Crippen MR) is 186 cm³/mol. The highest BCUT2D eigenvalue weighted by molar-refractivity contribution is 7.26. The summed E-state index contributed by atoms with van der Waals surface area (Å²) in [6.45, 7) is 6.96. The van der Waals surface area contributed by atoms with Gasteiger partial charge in [0.15, 0.2) is 11.0 Å². The van der Waals surface area contributed by atoms with Gasteiger partial charge >= 0.3 is 0 Å². The average molecular weight is 579 g/mol. The molecule has 0 fully saturated rings. The summed E-state index contributed by atoms with van der Waals surface area (Å²) in [4.78, 5) is 3.84. The Labute approximate surface area is 260 Å². The van der Waals surface area contributed by atoms with Crippen LogP contribution in [0.3, 0.4) is 0 Å². The first kappa shape index (κ1) is 23.0. The topological polar surface area (TPSA) is 19.7 Å². The van der Waals surface area contributed by atoms with Gasteiger partial charge in [-0.3, -0.25) is 0 Å². The van der Waals surface area contributed by atoms with E-state index >= 15 is 0 Å². The number of nitrogens with one attached hydrogen (secondary N) is 1. The number of H-pyrrole nitrogens is 1. The van der Waals surface area contributed by atoms with Crippen LogP contribution in [0.15, 0.2) is 103 Å². The summed E-state index contributed by atoms with van der Waals surface area (Å²) in [5.74, 6) is 1.79. The van der Waals surface area contributed by atoms with Gasteiger partial charge in [0.05, 0.1) is 10.3 Å². The molecule has 3 heteroatoms. The van der Waals surface area contributed by atoms with Crippen molar-refractivity contribution < 1.29 is 8.68 Å². The highest BCUT2D eigenvalue weighted by atomic mass is 32.1. The molecule has 0 aliphatic rings. The number of thiophene rings is 1.